The number of nitrogens with zero attached hydrogens (tertiary/aromatic N) is 1. The van der Waals surface area contributed by atoms with Gasteiger partial charge in [-0.05, 0) is 11.4 Å². The molecule has 0 bridgehead atoms. The molecule has 1 N–H and O–H groups in total. The Morgan fingerprint density at radius 3 is 3.00 bits per heavy atom. The highest BCUT2D eigenvalue weighted by Gasteiger charge is 2.34. The van der Waals surface area contributed by atoms with Crippen LogP contribution in [-0.4, -0.2) is 28.4 Å². The first kappa shape index (κ1) is 10.2. The highest BCUT2D eigenvalue weighted by molar-refractivity contribution is 7.09. The van der Waals surface area contributed by atoms with Crippen molar-refractivity contribution in [2.75, 3.05) is 6.54 Å². The SMILES string of the molecule is O=C(O)[C@@H]1CC(=O)N(Cc2cccs2)C1. The van der Waals surface area contributed by atoms with Gasteiger partial charge in [-0.1, -0.05) is 6.07 Å². The molecule has 2 heterocycles. The minimum Gasteiger partial charge on any atom is -0.481 e. The molecule has 1 aliphatic rings. The normalized spacial score (nSPS) is 20.9. The summed E-state index contributed by atoms with van der Waals surface area (Å²) in [7, 11) is 0. The summed E-state index contributed by atoms with van der Waals surface area (Å²) in [4.78, 5) is 24.9. The molecular weight excluding hydrogens is 214 g/mol. The van der Waals surface area contributed by atoms with Gasteiger partial charge in [0.25, 0.3) is 0 Å². The van der Waals surface area contributed by atoms with Crippen LogP contribution in [0.2, 0.25) is 0 Å². The Kier molecular flexibility index (Phi) is 2.73. The molecule has 0 aromatic carbocycles. The number of rotatable bonds is 3. The molecule has 1 saturated heterocycles. The zero-order valence-corrected chi connectivity index (χ0v) is 8.87. The zero-order chi connectivity index (χ0) is 10.8. The average molecular weight is 225 g/mol. The molecule has 15 heavy (non-hydrogen) atoms. The molecule has 1 fully saturated rings. The van der Waals surface area contributed by atoms with E-state index in [0.29, 0.717) is 13.1 Å². The molecule has 1 aromatic rings. The fraction of sp³-hybridized carbons (Fsp3) is 0.400. The first-order valence-corrected chi connectivity index (χ1v) is 5.58. The number of carboxylic acids is 1. The van der Waals surface area contributed by atoms with E-state index < -0.39 is 11.9 Å². The van der Waals surface area contributed by atoms with E-state index in [1.807, 2.05) is 17.5 Å². The summed E-state index contributed by atoms with van der Waals surface area (Å²) in [5.74, 6) is -1.47. The van der Waals surface area contributed by atoms with E-state index in [1.54, 1.807) is 16.2 Å². The van der Waals surface area contributed by atoms with Crippen LogP contribution in [0.25, 0.3) is 0 Å². The number of likely N-dealkylation sites (tertiary alicyclic amines) is 1. The van der Waals surface area contributed by atoms with Gasteiger partial charge in [-0.25, -0.2) is 0 Å². The van der Waals surface area contributed by atoms with E-state index in [9.17, 15) is 9.59 Å². The quantitative estimate of drug-likeness (QED) is 0.840. The fourth-order valence-electron chi connectivity index (χ4n) is 1.68. The molecule has 0 spiro atoms. The van der Waals surface area contributed by atoms with Crippen molar-refractivity contribution in [2.45, 2.75) is 13.0 Å². The summed E-state index contributed by atoms with van der Waals surface area (Å²) in [6, 6.07) is 3.88. The molecule has 4 nitrogen and oxygen atoms in total. The van der Waals surface area contributed by atoms with Gasteiger partial charge < -0.3 is 10.0 Å². The van der Waals surface area contributed by atoms with Crippen LogP contribution in [0, 0.1) is 5.92 Å². The van der Waals surface area contributed by atoms with Crippen LogP contribution in [0.5, 0.6) is 0 Å². The predicted molar refractivity (Wildman–Crippen MR) is 55.5 cm³/mol. The molecule has 0 saturated carbocycles. The molecule has 1 amide bonds. The highest BCUT2D eigenvalue weighted by atomic mass is 32.1. The molecule has 1 atom stereocenters. The Morgan fingerprint density at radius 2 is 2.47 bits per heavy atom. The van der Waals surface area contributed by atoms with Crippen molar-refractivity contribution in [3.05, 3.63) is 22.4 Å². The molecule has 0 unspecified atom stereocenters. The standard InChI is InChI=1S/C10H11NO3S/c12-9-4-7(10(13)14)5-11(9)6-8-2-1-3-15-8/h1-3,7H,4-6H2,(H,13,14)/t7-/m1/s1. The van der Waals surface area contributed by atoms with Crippen molar-refractivity contribution in [3.8, 4) is 0 Å². The Hall–Kier alpha value is -1.36. The number of carbonyl (C=O) groups is 2. The molecular formula is C10H11NO3S. The monoisotopic (exact) mass is 225 g/mol. The van der Waals surface area contributed by atoms with E-state index in [2.05, 4.69) is 0 Å². The van der Waals surface area contributed by atoms with Gasteiger partial charge in [0.15, 0.2) is 0 Å². The lowest BCUT2D eigenvalue weighted by atomic mass is 10.1. The summed E-state index contributed by atoms with van der Waals surface area (Å²) < 4.78 is 0. The van der Waals surface area contributed by atoms with Gasteiger partial charge in [-0.2, -0.15) is 0 Å². The van der Waals surface area contributed by atoms with Gasteiger partial charge in [0, 0.05) is 17.8 Å². The third-order valence-corrected chi connectivity index (χ3v) is 3.35. The third-order valence-electron chi connectivity index (χ3n) is 2.49. The lowest BCUT2D eigenvalue weighted by Gasteiger charge is -2.14. The van der Waals surface area contributed by atoms with Gasteiger partial charge in [-0.15, -0.1) is 11.3 Å². The number of carbonyl (C=O) groups excluding carboxylic acids is 1. The predicted octanol–water partition coefficient (Wildman–Crippen LogP) is 1.18. The first-order chi connectivity index (χ1) is 7.16. The van der Waals surface area contributed by atoms with Crippen LogP contribution in [0.3, 0.4) is 0 Å². The van der Waals surface area contributed by atoms with Crippen molar-refractivity contribution < 1.29 is 14.7 Å². The Morgan fingerprint density at radius 1 is 1.67 bits per heavy atom. The van der Waals surface area contributed by atoms with Crippen LogP contribution >= 0.6 is 11.3 Å². The molecule has 5 heteroatoms. The molecule has 0 aliphatic carbocycles. The highest BCUT2D eigenvalue weighted by Crippen LogP contribution is 2.21. The summed E-state index contributed by atoms with van der Waals surface area (Å²) >= 11 is 1.58. The van der Waals surface area contributed by atoms with Crippen molar-refractivity contribution in [1.82, 2.24) is 4.90 Å². The number of amides is 1. The molecule has 0 radical (unpaired) electrons. The molecule has 1 aromatic heterocycles. The zero-order valence-electron chi connectivity index (χ0n) is 8.05. The summed E-state index contributed by atoms with van der Waals surface area (Å²) in [6.45, 7) is 0.881. The Bertz CT molecular complexity index is 374. The van der Waals surface area contributed by atoms with Gasteiger partial charge in [0.1, 0.15) is 0 Å². The van der Waals surface area contributed by atoms with Crippen LogP contribution in [0.1, 0.15) is 11.3 Å². The second-order valence-electron chi connectivity index (χ2n) is 3.59. The maximum atomic E-state index is 11.5. The topological polar surface area (TPSA) is 57.6 Å². The maximum Gasteiger partial charge on any atom is 0.308 e. The van der Waals surface area contributed by atoms with Gasteiger partial charge in [0.2, 0.25) is 5.91 Å². The van der Waals surface area contributed by atoms with Crippen LogP contribution in [0.4, 0.5) is 0 Å². The van der Waals surface area contributed by atoms with Gasteiger partial charge >= 0.3 is 5.97 Å². The Labute approximate surface area is 91.1 Å². The van der Waals surface area contributed by atoms with E-state index in [-0.39, 0.29) is 12.3 Å². The van der Waals surface area contributed by atoms with Crippen LogP contribution in [-0.2, 0) is 16.1 Å². The molecule has 1 aliphatic heterocycles. The number of hydrogen-bond donors (Lipinski definition) is 1. The van der Waals surface area contributed by atoms with Crippen molar-refractivity contribution in [2.24, 2.45) is 5.92 Å². The smallest absolute Gasteiger partial charge is 0.308 e. The second-order valence-corrected chi connectivity index (χ2v) is 4.63. The number of hydrogen-bond acceptors (Lipinski definition) is 3. The van der Waals surface area contributed by atoms with Crippen LogP contribution < -0.4 is 0 Å². The first-order valence-electron chi connectivity index (χ1n) is 4.70. The fourth-order valence-corrected chi connectivity index (χ4v) is 2.40. The van der Waals surface area contributed by atoms with Crippen LogP contribution in [0.15, 0.2) is 17.5 Å². The average Bonchev–Trinajstić information content (AvgIpc) is 2.77. The number of thiophene rings is 1. The van der Waals surface area contributed by atoms with Gasteiger partial charge in [0.05, 0.1) is 12.5 Å². The van der Waals surface area contributed by atoms with E-state index >= 15 is 0 Å². The Balaban J connectivity index is 2.00. The van der Waals surface area contributed by atoms with Gasteiger partial charge in [-0.3, -0.25) is 9.59 Å². The second kappa shape index (κ2) is 4.02. The maximum absolute atomic E-state index is 11.5. The van der Waals surface area contributed by atoms with E-state index in [4.69, 9.17) is 5.11 Å². The summed E-state index contributed by atoms with van der Waals surface area (Å²) in [6.07, 6.45) is 0.140. The largest absolute Gasteiger partial charge is 0.481 e. The molecule has 80 valence electrons. The van der Waals surface area contributed by atoms with E-state index in [1.165, 1.54) is 0 Å². The minimum atomic E-state index is -0.878. The number of aliphatic carboxylic acids is 1. The van der Waals surface area contributed by atoms with Crippen molar-refractivity contribution in [3.63, 3.8) is 0 Å². The molecule has 2 rings (SSSR count). The summed E-state index contributed by atoms with van der Waals surface area (Å²) in [5, 5.41) is 10.7. The lowest BCUT2D eigenvalue weighted by molar-refractivity contribution is -0.141. The summed E-state index contributed by atoms with van der Waals surface area (Å²) in [5.41, 5.74) is 0. The third kappa shape index (κ3) is 2.18. The van der Waals surface area contributed by atoms with Crippen molar-refractivity contribution in [1.29, 1.82) is 0 Å². The minimum absolute atomic E-state index is 0.0594. The van der Waals surface area contributed by atoms with Crippen molar-refractivity contribution >= 4 is 23.2 Å². The van der Waals surface area contributed by atoms with E-state index in [0.717, 1.165) is 4.88 Å². The number of carboxylic acid groups (broad SMARTS) is 1. The lowest BCUT2D eigenvalue weighted by Crippen LogP contribution is -2.25.